The molecule has 8 heteroatoms. The summed E-state index contributed by atoms with van der Waals surface area (Å²) in [7, 11) is 0. The Balaban J connectivity index is 1.34. The SMILES string of the molecule is O=C1c2oc3ccc(F)cc3c(=O)c2C(c2cccc(OCc3ccccc3)c2)N1CCCN1CCOCC1. The monoisotopic (exact) mass is 528 g/mol. The second kappa shape index (κ2) is 11.0. The van der Waals surface area contributed by atoms with Gasteiger partial charge in [0.25, 0.3) is 5.91 Å². The molecule has 1 amide bonds. The standard InChI is InChI=1S/C31H29FN2O5/c32-23-10-11-26-25(19-23)29(35)27-28(22-8-4-9-24(18-22)38-20-21-6-2-1-3-7-21)34(31(36)30(27)39-26)13-5-12-33-14-16-37-17-15-33/h1-4,6-11,18-19,28H,5,12-17,20H2. The van der Waals surface area contributed by atoms with Gasteiger partial charge >= 0.3 is 0 Å². The van der Waals surface area contributed by atoms with Crippen LogP contribution in [0.2, 0.25) is 0 Å². The molecule has 0 saturated carbocycles. The van der Waals surface area contributed by atoms with Crippen molar-refractivity contribution in [3.05, 3.63) is 111 Å². The van der Waals surface area contributed by atoms with Crippen molar-refractivity contribution >= 4 is 16.9 Å². The number of fused-ring (bicyclic) bond motifs is 2. The van der Waals surface area contributed by atoms with Crippen molar-refractivity contribution < 1.29 is 23.1 Å². The smallest absolute Gasteiger partial charge is 0.290 e. The summed E-state index contributed by atoms with van der Waals surface area (Å²) in [6.07, 6.45) is 0.725. The van der Waals surface area contributed by atoms with Crippen LogP contribution in [-0.2, 0) is 11.3 Å². The highest BCUT2D eigenvalue weighted by molar-refractivity contribution is 5.99. The average Bonchev–Trinajstić information content (AvgIpc) is 3.25. The molecule has 1 fully saturated rings. The number of morpholine rings is 1. The molecule has 1 atom stereocenters. The largest absolute Gasteiger partial charge is 0.489 e. The number of carbonyl (C=O) groups excluding carboxylic acids is 1. The highest BCUT2D eigenvalue weighted by atomic mass is 19.1. The Morgan fingerprint density at radius 1 is 0.923 bits per heavy atom. The van der Waals surface area contributed by atoms with Gasteiger partial charge in [-0.1, -0.05) is 42.5 Å². The van der Waals surface area contributed by atoms with Gasteiger partial charge in [-0.05, 0) is 47.9 Å². The van der Waals surface area contributed by atoms with Crippen molar-refractivity contribution in [1.29, 1.82) is 0 Å². The van der Waals surface area contributed by atoms with Gasteiger partial charge in [0.15, 0.2) is 5.43 Å². The lowest BCUT2D eigenvalue weighted by molar-refractivity contribution is 0.0353. The molecule has 39 heavy (non-hydrogen) atoms. The first-order chi connectivity index (χ1) is 19.1. The van der Waals surface area contributed by atoms with Crippen LogP contribution in [0.4, 0.5) is 4.39 Å². The fourth-order valence-corrected chi connectivity index (χ4v) is 5.37. The molecule has 4 aromatic rings. The van der Waals surface area contributed by atoms with E-state index in [0.29, 0.717) is 32.1 Å². The Kier molecular flexibility index (Phi) is 7.13. The summed E-state index contributed by atoms with van der Waals surface area (Å²) in [5.74, 6) is -0.224. The Labute approximate surface area is 225 Å². The maximum atomic E-state index is 14.1. The number of nitrogens with zero attached hydrogens (tertiary/aromatic N) is 2. The zero-order valence-corrected chi connectivity index (χ0v) is 21.5. The summed E-state index contributed by atoms with van der Waals surface area (Å²) in [6, 6.07) is 20.4. The molecule has 1 aromatic heterocycles. The lowest BCUT2D eigenvalue weighted by atomic mass is 9.98. The summed E-state index contributed by atoms with van der Waals surface area (Å²) in [5, 5.41) is 0.123. The van der Waals surface area contributed by atoms with E-state index in [1.807, 2.05) is 54.6 Å². The average molecular weight is 529 g/mol. The first kappa shape index (κ1) is 25.3. The fourth-order valence-electron chi connectivity index (χ4n) is 5.37. The third-order valence-electron chi connectivity index (χ3n) is 7.33. The highest BCUT2D eigenvalue weighted by Crippen LogP contribution is 2.39. The number of halogens is 1. The van der Waals surface area contributed by atoms with Crippen molar-refractivity contribution in [2.45, 2.75) is 19.1 Å². The Bertz CT molecular complexity index is 1550. The number of hydrogen-bond acceptors (Lipinski definition) is 6. The predicted molar refractivity (Wildman–Crippen MR) is 144 cm³/mol. The Hall–Kier alpha value is -4.01. The lowest BCUT2D eigenvalue weighted by Gasteiger charge is -2.29. The van der Waals surface area contributed by atoms with E-state index >= 15 is 0 Å². The van der Waals surface area contributed by atoms with E-state index in [4.69, 9.17) is 13.9 Å². The van der Waals surface area contributed by atoms with Crippen LogP contribution in [0.1, 0.15) is 39.7 Å². The molecule has 1 unspecified atom stereocenters. The molecular weight excluding hydrogens is 499 g/mol. The van der Waals surface area contributed by atoms with Crippen LogP contribution in [0.15, 0.2) is 82.0 Å². The van der Waals surface area contributed by atoms with Crippen LogP contribution < -0.4 is 10.2 Å². The second-order valence-electron chi connectivity index (χ2n) is 9.87. The summed E-state index contributed by atoms with van der Waals surface area (Å²) < 4.78 is 31.5. The molecule has 0 spiro atoms. The van der Waals surface area contributed by atoms with Gasteiger partial charge in [0, 0.05) is 26.2 Å². The minimum atomic E-state index is -0.665. The van der Waals surface area contributed by atoms with Crippen LogP contribution in [0.25, 0.3) is 11.0 Å². The van der Waals surface area contributed by atoms with Crippen molar-refractivity contribution in [3.8, 4) is 5.75 Å². The molecule has 0 aliphatic carbocycles. The van der Waals surface area contributed by atoms with Crippen LogP contribution >= 0.6 is 0 Å². The lowest BCUT2D eigenvalue weighted by Crippen LogP contribution is -2.38. The number of amides is 1. The molecule has 200 valence electrons. The molecule has 2 aliphatic rings. The van der Waals surface area contributed by atoms with E-state index in [9.17, 15) is 14.0 Å². The third-order valence-corrected chi connectivity index (χ3v) is 7.33. The van der Waals surface area contributed by atoms with Crippen molar-refractivity contribution in [3.63, 3.8) is 0 Å². The normalized spacial score (nSPS) is 17.5. The predicted octanol–water partition coefficient (Wildman–Crippen LogP) is 4.78. The highest BCUT2D eigenvalue weighted by Gasteiger charge is 2.42. The van der Waals surface area contributed by atoms with E-state index in [1.165, 1.54) is 18.2 Å². The molecule has 6 rings (SSSR count). The van der Waals surface area contributed by atoms with Crippen molar-refractivity contribution in [2.75, 3.05) is 39.4 Å². The molecular formula is C31H29FN2O5. The van der Waals surface area contributed by atoms with Crippen LogP contribution in [-0.4, -0.2) is 55.1 Å². The van der Waals surface area contributed by atoms with Gasteiger partial charge < -0.3 is 18.8 Å². The molecule has 2 aliphatic heterocycles. The molecule has 3 heterocycles. The summed E-state index contributed by atoms with van der Waals surface area (Å²) in [4.78, 5) is 31.4. The van der Waals surface area contributed by atoms with Gasteiger partial charge in [-0.3, -0.25) is 14.5 Å². The van der Waals surface area contributed by atoms with Gasteiger partial charge in [-0.25, -0.2) is 4.39 Å². The van der Waals surface area contributed by atoms with Crippen LogP contribution in [0.3, 0.4) is 0 Å². The number of hydrogen-bond donors (Lipinski definition) is 0. The van der Waals surface area contributed by atoms with Gasteiger partial charge in [-0.15, -0.1) is 0 Å². The first-order valence-corrected chi connectivity index (χ1v) is 13.2. The van der Waals surface area contributed by atoms with Crippen LogP contribution in [0, 0.1) is 5.82 Å². The topological polar surface area (TPSA) is 72.2 Å². The number of benzene rings is 3. The van der Waals surface area contributed by atoms with Crippen molar-refractivity contribution in [1.82, 2.24) is 9.80 Å². The Morgan fingerprint density at radius 2 is 1.74 bits per heavy atom. The van der Waals surface area contributed by atoms with E-state index in [1.54, 1.807) is 4.90 Å². The molecule has 0 N–H and O–H groups in total. The summed E-state index contributed by atoms with van der Waals surface area (Å²) in [5.41, 5.74) is 1.81. The van der Waals surface area contributed by atoms with Gasteiger partial charge in [0.2, 0.25) is 5.76 Å². The molecule has 0 bridgehead atoms. The number of ether oxygens (including phenoxy) is 2. The quantitative estimate of drug-likeness (QED) is 0.328. The maximum Gasteiger partial charge on any atom is 0.290 e. The minimum Gasteiger partial charge on any atom is -0.489 e. The van der Waals surface area contributed by atoms with E-state index in [2.05, 4.69) is 4.90 Å². The fraction of sp³-hybridized carbons (Fsp3) is 0.290. The molecule has 1 saturated heterocycles. The third kappa shape index (κ3) is 5.17. The molecule has 0 radical (unpaired) electrons. The van der Waals surface area contributed by atoms with E-state index < -0.39 is 17.3 Å². The molecule has 3 aromatic carbocycles. The van der Waals surface area contributed by atoms with Gasteiger partial charge in [-0.2, -0.15) is 0 Å². The summed E-state index contributed by atoms with van der Waals surface area (Å²) >= 11 is 0. The van der Waals surface area contributed by atoms with E-state index in [0.717, 1.165) is 37.2 Å². The zero-order chi connectivity index (χ0) is 26.8. The Morgan fingerprint density at radius 3 is 2.56 bits per heavy atom. The molecule has 7 nitrogen and oxygen atoms in total. The number of rotatable bonds is 8. The van der Waals surface area contributed by atoms with Gasteiger partial charge in [0.05, 0.1) is 30.2 Å². The zero-order valence-electron chi connectivity index (χ0n) is 21.5. The van der Waals surface area contributed by atoms with E-state index in [-0.39, 0.29) is 28.2 Å². The van der Waals surface area contributed by atoms with Crippen molar-refractivity contribution in [2.24, 2.45) is 0 Å². The number of carbonyl (C=O) groups is 1. The maximum absolute atomic E-state index is 14.1. The van der Waals surface area contributed by atoms with Crippen LogP contribution in [0.5, 0.6) is 5.75 Å². The minimum absolute atomic E-state index is 0.0195. The first-order valence-electron chi connectivity index (χ1n) is 13.2. The van der Waals surface area contributed by atoms with Gasteiger partial charge in [0.1, 0.15) is 23.8 Å². The second-order valence-corrected chi connectivity index (χ2v) is 9.87. The summed E-state index contributed by atoms with van der Waals surface area (Å²) in [6.45, 7) is 4.75.